The number of esters is 1. The number of amides is 1. The first-order valence-electron chi connectivity index (χ1n) is 8.18. The van der Waals surface area contributed by atoms with Crippen LogP contribution in [0.3, 0.4) is 0 Å². The molecule has 0 spiro atoms. The topological polar surface area (TPSA) is 71.5 Å². The van der Waals surface area contributed by atoms with Gasteiger partial charge in [-0.05, 0) is 26.8 Å². The second kappa shape index (κ2) is 8.98. The molecule has 6 nitrogen and oxygen atoms in total. The number of carbonyl (C=O) groups is 2. The maximum atomic E-state index is 12.1. The Morgan fingerprint density at radius 1 is 1.39 bits per heavy atom. The van der Waals surface area contributed by atoms with E-state index in [9.17, 15) is 9.59 Å². The van der Waals surface area contributed by atoms with Crippen LogP contribution in [-0.2, 0) is 20.7 Å². The lowest BCUT2D eigenvalue weighted by molar-refractivity contribution is -0.142. The van der Waals surface area contributed by atoms with Crippen molar-refractivity contribution in [2.75, 3.05) is 25.5 Å². The summed E-state index contributed by atoms with van der Waals surface area (Å²) in [5.41, 5.74) is 0.629. The molecule has 1 amide bonds. The predicted molar refractivity (Wildman–Crippen MR) is 90.6 cm³/mol. The second-order valence-electron chi connectivity index (χ2n) is 5.88. The highest BCUT2D eigenvalue weighted by Crippen LogP contribution is 2.21. The number of nitrogens with one attached hydrogen (secondary N) is 1. The van der Waals surface area contributed by atoms with Crippen molar-refractivity contribution in [2.45, 2.75) is 51.5 Å². The summed E-state index contributed by atoms with van der Waals surface area (Å²) < 4.78 is 4.89. The van der Waals surface area contributed by atoms with Gasteiger partial charge in [0.1, 0.15) is 0 Å². The summed E-state index contributed by atoms with van der Waals surface area (Å²) in [6, 6.07) is 0.505. The van der Waals surface area contributed by atoms with Crippen LogP contribution in [0.2, 0.25) is 0 Å². The van der Waals surface area contributed by atoms with Crippen LogP contribution >= 0.6 is 11.3 Å². The van der Waals surface area contributed by atoms with Gasteiger partial charge >= 0.3 is 5.97 Å². The van der Waals surface area contributed by atoms with Crippen molar-refractivity contribution < 1.29 is 14.3 Å². The van der Waals surface area contributed by atoms with Crippen molar-refractivity contribution in [3.8, 4) is 0 Å². The minimum Gasteiger partial charge on any atom is -0.466 e. The average Bonchev–Trinajstić information content (AvgIpc) is 2.95. The standard InChI is InChI=1S/C16H25N3O3S/c1-3-22-15(21)9-12-11-23-16(17-12)18-14(20)10-19(2)13-7-5-4-6-8-13/h11,13H,3-10H2,1-2H3,(H,17,18,20). The number of nitrogens with zero attached hydrogens (tertiary/aromatic N) is 2. The third-order valence-electron chi connectivity index (χ3n) is 4.02. The summed E-state index contributed by atoms with van der Waals surface area (Å²) in [4.78, 5) is 29.9. The summed E-state index contributed by atoms with van der Waals surface area (Å²) in [5.74, 6) is -0.359. The van der Waals surface area contributed by atoms with Crippen molar-refractivity contribution in [1.82, 2.24) is 9.88 Å². The zero-order valence-corrected chi connectivity index (χ0v) is 14.7. The number of ether oxygens (including phenoxy) is 1. The monoisotopic (exact) mass is 339 g/mol. The Labute approximate surface area is 141 Å². The van der Waals surface area contributed by atoms with Gasteiger partial charge in [0, 0.05) is 11.4 Å². The van der Waals surface area contributed by atoms with Gasteiger partial charge in [-0.3, -0.25) is 14.5 Å². The first kappa shape index (κ1) is 17.9. The minimum absolute atomic E-state index is 0.0601. The Morgan fingerprint density at radius 3 is 2.83 bits per heavy atom. The summed E-state index contributed by atoms with van der Waals surface area (Å²) in [6.45, 7) is 2.50. The number of rotatable bonds is 7. The van der Waals surface area contributed by atoms with Gasteiger partial charge in [0.05, 0.1) is 25.3 Å². The summed E-state index contributed by atoms with van der Waals surface area (Å²) in [7, 11) is 2.00. The predicted octanol–water partition coefficient (Wildman–Crippen LogP) is 2.45. The van der Waals surface area contributed by atoms with E-state index in [2.05, 4.69) is 15.2 Å². The molecule has 128 valence electrons. The summed E-state index contributed by atoms with van der Waals surface area (Å²) >= 11 is 1.33. The number of carbonyl (C=O) groups excluding carboxylic acids is 2. The van der Waals surface area contributed by atoms with Gasteiger partial charge in [-0.1, -0.05) is 19.3 Å². The molecule has 0 radical (unpaired) electrons. The lowest BCUT2D eigenvalue weighted by Crippen LogP contribution is -2.39. The molecule has 1 heterocycles. The lowest BCUT2D eigenvalue weighted by Gasteiger charge is -2.30. The normalized spacial score (nSPS) is 15.6. The van der Waals surface area contributed by atoms with Crippen LogP contribution in [0.15, 0.2) is 5.38 Å². The van der Waals surface area contributed by atoms with E-state index in [0.717, 1.165) is 0 Å². The molecule has 2 rings (SSSR count). The lowest BCUT2D eigenvalue weighted by atomic mass is 9.94. The quantitative estimate of drug-likeness (QED) is 0.773. The molecule has 1 aliphatic rings. The average molecular weight is 339 g/mol. The Morgan fingerprint density at radius 2 is 2.13 bits per heavy atom. The van der Waals surface area contributed by atoms with Gasteiger partial charge < -0.3 is 10.1 Å². The molecule has 0 aliphatic heterocycles. The number of anilines is 1. The van der Waals surface area contributed by atoms with Gasteiger partial charge in [-0.25, -0.2) is 4.98 Å². The second-order valence-corrected chi connectivity index (χ2v) is 6.74. The summed E-state index contributed by atoms with van der Waals surface area (Å²) in [5, 5.41) is 5.12. The molecule has 1 saturated carbocycles. The van der Waals surface area contributed by atoms with E-state index in [1.165, 1.54) is 43.4 Å². The van der Waals surface area contributed by atoms with Crippen LogP contribution in [0.5, 0.6) is 0 Å². The van der Waals surface area contributed by atoms with Gasteiger partial charge in [0.2, 0.25) is 5.91 Å². The van der Waals surface area contributed by atoms with Gasteiger partial charge in [0.15, 0.2) is 5.13 Å². The molecule has 1 aromatic heterocycles. The number of hydrogen-bond acceptors (Lipinski definition) is 6. The number of aromatic nitrogens is 1. The van der Waals surface area contributed by atoms with E-state index in [0.29, 0.717) is 30.0 Å². The van der Waals surface area contributed by atoms with Gasteiger partial charge in [-0.15, -0.1) is 11.3 Å². The Bertz CT molecular complexity index is 526. The van der Waals surface area contributed by atoms with Crippen LogP contribution in [0, 0.1) is 0 Å². The van der Waals surface area contributed by atoms with Gasteiger partial charge in [0.25, 0.3) is 0 Å². The van der Waals surface area contributed by atoms with Crippen molar-refractivity contribution in [3.05, 3.63) is 11.1 Å². The van der Waals surface area contributed by atoms with E-state index in [4.69, 9.17) is 4.74 Å². The molecular formula is C16H25N3O3S. The highest BCUT2D eigenvalue weighted by atomic mass is 32.1. The zero-order chi connectivity index (χ0) is 16.7. The molecule has 0 aromatic carbocycles. The maximum absolute atomic E-state index is 12.1. The smallest absolute Gasteiger partial charge is 0.311 e. The zero-order valence-electron chi connectivity index (χ0n) is 13.8. The Kier molecular flexibility index (Phi) is 6.98. The Balaban J connectivity index is 1.78. The molecule has 0 bridgehead atoms. The van der Waals surface area contributed by atoms with E-state index in [1.54, 1.807) is 12.3 Å². The van der Waals surface area contributed by atoms with Crippen molar-refractivity contribution in [2.24, 2.45) is 0 Å². The molecule has 1 fully saturated rings. The van der Waals surface area contributed by atoms with E-state index < -0.39 is 0 Å². The molecule has 23 heavy (non-hydrogen) atoms. The highest BCUT2D eigenvalue weighted by Gasteiger charge is 2.20. The maximum Gasteiger partial charge on any atom is 0.311 e. The molecule has 1 N–H and O–H groups in total. The van der Waals surface area contributed by atoms with Crippen molar-refractivity contribution >= 4 is 28.3 Å². The third-order valence-corrected chi connectivity index (χ3v) is 4.83. The van der Waals surface area contributed by atoms with E-state index >= 15 is 0 Å². The fraction of sp³-hybridized carbons (Fsp3) is 0.688. The van der Waals surface area contributed by atoms with Crippen LogP contribution in [0.4, 0.5) is 5.13 Å². The fourth-order valence-corrected chi connectivity index (χ4v) is 3.57. The van der Waals surface area contributed by atoms with Crippen molar-refractivity contribution in [1.29, 1.82) is 0 Å². The first-order chi connectivity index (χ1) is 11.1. The van der Waals surface area contributed by atoms with Crippen LogP contribution in [0.1, 0.15) is 44.7 Å². The Hall–Kier alpha value is -1.47. The van der Waals surface area contributed by atoms with Crippen LogP contribution < -0.4 is 5.32 Å². The number of thiazole rings is 1. The number of hydrogen-bond donors (Lipinski definition) is 1. The van der Waals surface area contributed by atoms with E-state index in [1.807, 2.05) is 7.05 Å². The fourth-order valence-electron chi connectivity index (χ4n) is 2.84. The first-order valence-corrected chi connectivity index (χ1v) is 9.06. The number of likely N-dealkylation sites (N-methyl/N-ethyl adjacent to an activating group) is 1. The molecular weight excluding hydrogens is 314 g/mol. The molecule has 0 atom stereocenters. The van der Waals surface area contributed by atoms with Crippen molar-refractivity contribution in [3.63, 3.8) is 0 Å². The minimum atomic E-state index is -0.298. The molecule has 7 heteroatoms. The third kappa shape index (κ3) is 5.91. The molecule has 0 saturated heterocycles. The molecule has 0 unspecified atom stereocenters. The molecule has 1 aromatic rings. The largest absolute Gasteiger partial charge is 0.466 e. The van der Waals surface area contributed by atoms with E-state index in [-0.39, 0.29) is 18.3 Å². The SMILES string of the molecule is CCOC(=O)Cc1csc(NC(=O)CN(C)C2CCCCC2)n1. The van der Waals surface area contributed by atoms with Crippen LogP contribution in [-0.4, -0.2) is 48.0 Å². The summed E-state index contributed by atoms with van der Waals surface area (Å²) in [6.07, 6.45) is 6.29. The molecule has 1 aliphatic carbocycles. The highest BCUT2D eigenvalue weighted by molar-refractivity contribution is 7.13. The van der Waals surface area contributed by atoms with Crippen LogP contribution in [0.25, 0.3) is 0 Å². The van der Waals surface area contributed by atoms with Gasteiger partial charge in [-0.2, -0.15) is 0 Å².